The van der Waals surface area contributed by atoms with Gasteiger partial charge in [0, 0.05) is 0 Å². The monoisotopic (exact) mass is 204 g/mol. The van der Waals surface area contributed by atoms with Gasteiger partial charge in [-0.25, -0.2) is 0 Å². The van der Waals surface area contributed by atoms with Crippen molar-refractivity contribution in [2.45, 2.75) is 76.2 Å². The van der Waals surface area contributed by atoms with E-state index in [9.17, 15) is 0 Å². The summed E-state index contributed by atoms with van der Waals surface area (Å²) in [6, 6.07) is 0. The van der Waals surface area contributed by atoms with Crippen molar-refractivity contribution in [3.8, 4) is 0 Å². The smallest absolute Gasteiger partial charge is 0.0958 e. The molecule has 0 aliphatic heterocycles. The molecule has 0 heterocycles. The highest BCUT2D eigenvalue weighted by Crippen LogP contribution is 2.27. The Bertz CT molecular complexity index is 150. The first kappa shape index (κ1) is 13.3. The molecular weight excluding hydrogens is 177 g/mol. The highest BCUT2D eigenvalue weighted by atomic mass is 14.1. The van der Waals surface area contributed by atoms with Crippen molar-refractivity contribution in [1.82, 2.24) is 0 Å². The molecule has 1 rings (SSSR count). The van der Waals surface area contributed by atoms with Crippen LogP contribution in [0.4, 0.5) is 0 Å². The highest BCUT2D eigenvalue weighted by Gasteiger charge is 2.11. The normalized spacial score (nSPS) is 30.2. The van der Waals surface area contributed by atoms with Gasteiger partial charge in [-0.3, -0.25) is 0 Å². The molecule has 0 N–H and O–H groups in total. The molecule has 2 atom stereocenters. The minimum absolute atomic E-state index is 0.993. The average molecular weight is 204 g/mol. The maximum Gasteiger partial charge on any atom is 0.105 e. The minimum atomic E-state index is 0.993. The second kappa shape index (κ2) is 8.36. The third-order valence-corrected chi connectivity index (χ3v) is 4.07. The van der Waals surface area contributed by atoms with Gasteiger partial charge in [0.05, 0.1) is 14.3 Å². The third kappa shape index (κ3) is 6.38. The fourth-order valence-electron chi connectivity index (χ4n) is 3.01. The van der Waals surface area contributed by atoms with Crippen LogP contribution in [0.2, 0.25) is 18.5 Å². The van der Waals surface area contributed by atoms with E-state index in [0.29, 0.717) is 0 Å². The van der Waals surface area contributed by atoms with E-state index in [1.807, 2.05) is 0 Å². The van der Waals surface area contributed by atoms with E-state index in [2.05, 4.69) is 14.7 Å². The van der Waals surface area contributed by atoms with Crippen molar-refractivity contribution in [2.24, 2.45) is 0 Å². The predicted molar refractivity (Wildman–Crippen MR) is 77.8 cm³/mol. The first-order valence-electron chi connectivity index (χ1n) is 7.33. The van der Waals surface area contributed by atoms with Gasteiger partial charge in [-0.15, -0.1) is 0 Å². The van der Waals surface area contributed by atoms with Crippen molar-refractivity contribution in [2.75, 3.05) is 0 Å². The zero-order valence-corrected chi connectivity index (χ0v) is 10.9. The summed E-state index contributed by atoms with van der Waals surface area (Å²) >= 11 is 0. The molecule has 0 radical (unpaired) electrons. The topological polar surface area (TPSA) is 0 Å². The average Bonchev–Trinajstić information content (AvgIpc) is 2.26. The molecule has 1 saturated carbocycles. The Labute approximate surface area is 98.9 Å². The second-order valence-electron chi connectivity index (χ2n) is 5.68. The lowest BCUT2D eigenvalue weighted by Gasteiger charge is -2.14. The molecule has 0 spiro atoms. The molecule has 1 aliphatic carbocycles. The molecule has 0 amide bonds. The molecule has 0 saturated heterocycles. The first-order valence-corrected chi connectivity index (χ1v) is 7.33. The van der Waals surface area contributed by atoms with Crippen molar-refractivity contribution in [1.29, 1.82) is 0 Å². The summed E-state index contributed by atoms with van der Waals surface area (Å²) in [6.45, 7) is 2.34. The van der Waals surface area contributed by atoms with Gasteiger partial charge in [0.1, 0.15) is 7.85 Å². The van der Waals surface area contributed by atoms with Crippen LogP contribution in [0.15, 0.2) is 0 Å². The Hall–Kier alpha value is 0.195. The second-order valence-corrected chi connectivity index (χ2v) is 5.68. The van der Waals surface area contributed by atoms with Crippen LogP contribution in [0.1, 0.15) is 57.8 Å². The van der Waals surface area contributed by atoms with Crippen LogP contribution in [-0.4, -0.2) is 22.2 Å². The molecule has 0 nitrogen and oxygen atoms in total. The van der Waals surface area contributed by atoms with Gasteiger partial charge in [-0.05, 0) is 0 Å². The van der Waals surface area contributed by atoms with Gasteiger partial charge in [0.2, 0.25) is 0 Å². The first-order chi connectivity index (χ1) is 7.33. The summed E-state index contributed by atoms with van der Waals surface area (Å²) in [6.07, 6.45) is 13.5. The van der Waals surface area contributed by atoms with Gasteiger partial charge in [0.15, 0.2) is 0 Å². The largest absolute Gasteiger partial charge is 0.105 e. The van der Waals surface area contributed by atoms with E-state index in [-0.39, 0.29) is 0 Å². The molecule has 1 aliphatic rings. The minimum Gasteiger partial charge on any atom is -0.0958 e. The molecule has 3 heteroatoms. The quantitative estimate of drug-likeness (QED) is 0.606. The SMILES string of the molecule is B[C@H]1CCCCC[C@@H](BBC)CCCC1. The lowest BCUT2D eigenvalue weighted by atomic mass is 9.34. The van der Waals surface area contributed by atoms with Crippen molar-refractivity contribution in [3.05, 3.63) is 0 Å². The molecule has 0 aromatic carbocycles. The highest BCUT2D eigenvalue weighted by molar-refractivity contribution is 7.00. The molecule has 84 valence electrons. The molecule has 0 bridgehead atoms. The summed E-state index contributed by atoms with van der Waals surface area (Å²) in [5, 5.41) is 0. The van der Waals surface area contributed by atoms with Crippen LogP contribution >= 0.6 is 0 Å². The molecule has 0 aromatic rings. The number of rotatable bonds is 2. The Morgan fingerprint density at radius 3 is 2.07 bits per heavy atom. The maximum absolute atomic E-state index is 2.45. The van der Waals surface area contributed by atoms with Gasteiger partial charge in [0.25, 0.3) is 0 Å². The number of hydrogen-bond donors (Lipinski definition) is 0. The summed E-state index contributed by atoms with van der Waals surface area (Å²) < 4.78 is 0. The Balaban J connectivity index is 2.26. The lowest BCUT2D eigenvalue weighted by Crippen LogP contribution is -2.09. The van der Waals surface area contributed by atoms with E-state index in [0.717, 1.165) is 11.6 Å². The predicted octanol–water partition coefficient (Wildman–Crippen LogP) is 2.56. The Morgan fingerprint density at radius 2 is 1.40 bits per heavy atom. The van der Waals surface area contributed by atoms with Crippen molar-refractivity contribution in [3.63, 3.8) is 0 Å². The van der Waals surface area contributed by atoms with Crippen molar-refractivity contribution >= 4 is 22.2 Å². The van der Waals surface area contributed by atoms with E-state index in [1.165, 1.54) is 72.1 Å². The third-order valence-electron chi connectivity index (χ3n) is 4.07. The van der Waals surface area contributed by atoms with E-state index in [4.69, 9.17) is 0 Å². The molecule has 1 fully saturated rings. The summed E-state index contributed by atoms with van der Waals surface area (Å²) in [7, 11) is 5.32. The van der Waals surface area contributed by atoms with Crippen LogP contribution in [0, 0.1) is 0 Å². The van der Waals surface area contributed by atoms with Gasteiger partial charge in [-0.1, -0.05) is 76.2 Å². The van der Waals surface area contributed by atoms with Crippen LogP contribution in [0.3, 0.4) is 0 Å². The molecular formula is C12H27B3. The number of hydrogen-bond acceptors (Lipinski definition) is 0. The van der Waals surface area contributed by atoms with Gasteiger partial charge >= 0.3 is 0 Å². The van der Waals surface area contributed by atoms with Crippen LogP contribution in [0.5, 0.6) is 0 Å². The lowest BCUT2D eigenvalue weighted by molar-refractivity contribution is 0.583. The van der Waals surface area contributed by atoms with E-state index in [1.54, 1.807) is 0 Å². The summed E-state index contributed by atoms with van der Waals surface area (Å²) in [5.41, 5.74) is 0. The Kier molecular flexibility index (Phi) is 7.39. The van der Waals surface area contributed by atoms with E-state index < -0.39 is 0 Å². The fourth-order valence-corrected chi connectivity index (χ4v) is 3.01. The molecule has 15 heavy (non-hydrogen) atoms. The summed E-state index contributed by atoms with van der Waals surface area (Å²) in [5.74, 6) is 2.05. The van der Waals surface area contributed by atoms with Crippen LogP contribution in [0.25, 0.3) is 0 Å². The van der Waals surface area contributed by atoms with Crippen LogP contribution < -0.4 is 0 Å². The van der Waals surface area contributed by atoms with Crippen molar-refractivity contribution < 1.29 is 0 Å². The zero-order valence-electron chi connectivity index (χ0n) is 10.9. The van der Waals surface area contributed by atoms with Crippen LogP contribution in [-0.2, 0) is 0 Å². The Morgan fingerprint density at radius 1 is 0.867 bits per heavy atom. The molecule has 0 unspecified atom stereocenters. The molecule has 0 aromatic heterocycles. The van der Waals surface area contributed by atoms with Gasteiger partial charge < -0.3 is 0 Å². The van der Waals surface area contributed by atoms with E-state index >= 15 is 0 Å². The summed E-state index contributed by atoms with van der Waals surface area (Å²) in [4.78, 5) is 0. The zero-order chi connectivity index (χ0) is 10.9. The van der Waals surface area contributed by atoms with Gasteiger partial charge in [-0.2, -0.15) is 0 Å². The standard InChI is InChI=1S/C12H27B3/c1-14-15-12-9-4-2-3-7-11(13)8-5-6-10-12/h11-12,14-15H,2-10,13H2,1H3/t11-,12+/m0/s1. The maximum atomic E-state index is 2.45. The fraction of sp³-hybridized carbons (Fsp3) is 1.00.